The van der Waals surface area contributed by atoms with Crippen molar-refractivity contribution < 1.29 is 9.59 Å². The van der Waals surface area contributed by atoms with E-state index in [0.29, 0.717) is 6.54 Å². The van der Waals surface area contributed by atoms with Gasteiger partial charge in [0.25, 0.3) is 0 Å². The van der Waals surface area contributed by atoms with Gasteiger partial charge in [-0.2, -0.15) is 0 Å². The number of carbonyl (C=O) groups excluding carboxylic acids is 2. The number of hydrogen-bond acceptors (Lipinski definition) is 3. The van der Waals surface area contributed by atoms with Crippen LogP contribution in [-0.2, 0) is 16.0 Å². The van der Waals surface area contributed by atoms with Crippen LogP contribution < -0.4 is 15.5 Å². The molecule has 3 rings (SSSR count). The molecule has 1 aliphatic rings. The molecule has 1 aliphatic heterocycles. The Hall–Kier alpha value is -2.34. The highest BCUT2D eigenvalue weighted by atomic mass is 79.9. The van der Waals surface area contributed by atoms with Crippen LogP contribution in [0, 0.1) is 6.92 Å². The predicted molar refractivity (Wildman–Crippen MR) is 104 cm³/mol. The van der Waals surface area contributed by atoms with Gasteiger partial charge in [0.15, 0.2) is 0 Å². The van der Waals surface area contributed by atoms with Crippen molar-refractivity contribution in [3.63, 3.8) is 0 Å². The molecule has 5 nitrogen and oxygen atoms in total. The van der Waals surface area contributed by atoms with Crippen molar-refractivity contribution in [3.8, 4) is 0 Å². The minimum Gasteiger partial charge on any atom is -0.376 e. The summed E-state index contributed by atoms with van der Waals surface area (Å²) in [5.74, 6) is -0.0635. The van der Waals surface area contributed by atoms with Gasteiger partial charge in [0, 0.05) is 35.0 Å². The quantitative estimate of drug-likeness (QED) is 0.820. The number of nitrogens with zero attached hydrogens (tertiary/aromatic N) is 1. The molecular weight excluding hydrogens is 382 g/mol. The second-order valence-corrected chi connectivity index (χ2v) is 6.98. The highest BCUT2D eigenvalue weighted by Crippen LogP contribution is 2.30. The first-order chi connectivity index (χ1) is 11.9. The molecule has 0 aliphatic carbocycles. The van der Waals surface area contributed by atoms with Crippen LogP contribution in [0.2, 0.25) is 0 Å². The van der Waals surface area contributed by atoms with Crippen molar-refractivity contribution in [1.29, 1.82) is 0 Å². The molecule has 0 radical (unpaired) electrons. The van der Waals surface area contributed by atoms with E-state index in [1.165, 1.54) is 0 Å². The Kier molecular flexibility index (Phi) is 5.08. The summed E-state index contributed by atoms with van der Waals surface area (Å²) >= 11 is 3.46. The van der Waals surface area contributed by atoms with E-state index in [1.54, 1.807) is 11.8 Å². The van der Waals surface area contributed by atoms with E-state index in [2.05, 4.69) is 26.6 Å². The van der Waals surface area contributed by atoms with Crippen LogP contribution in [0.1, 0.15) is 18.1 Å². The summed E-state index contributed by atoms with van der Waals surface area (Å²) in [5, 5.41) is 6.02. The van der Waals surface area contributed by atoms with E-state index < -0.39 is 0 Å². The maximum Gasteiger partial charge on any atom is 0.243 e. The molecule has 0 aromatic heterocycles. The maximum atomic E-state index is 12.2. The predicted octanol–water partition coefficient (Wildman–Crippen LogP) is 3.72. The molecule has 6 heteroatoms. The fraction of sp³-hybridized carbons (Fsp3) is 0.263. The third-order valence-corrected chi connectivity index (χ3v) is 5.14. The largest absolute Gasteiger partial charge is 0.376 e. The zero-order valence-electron chi connectivity index (χ0n) is 14.2. The minimum atomic E-state index is -0.109. The monoisotopic (exact) mass is 401 g/mol. The number of amides is 2. The van der Waals surface area contributed by atoms with Gasteiger partial charge in [0.1, 0.15) is 0 Å². The molecule has 0 saturated heterocycles. The molecule has 130 valence electrons. The number of aryl methyl sites for hydroxylation is 1. The first-order valence-corrected chi connectivity index (χ1v) is 8.94. The summed E-state index contributed by atoms with van der Waals surface area (Å²) < 4.78 is 1.04. The van der Waals surface area contributed by atoms with Crippen LogP contribution in [0.4, 0.5) is 17.1 Å². The number of anilines is 3. The molecule has 1 heterocycles. The summed E-state index contributed by atoms with van der Waals surface area (Å²) in [6, 6.07) is 11.5. The smallest absolute Gasteiger partial charge is 0.243 e. The van der Waals surface area contributed by atoms with Gasteiger partial charge in [0.2, 0.25) is 11.8 Å². The average Bonchev–Trinajstić information content (AvgIpc) is 2.99. The molecule has 0 saturated carbocycles. The summed E-state index contributed by atoms with van der Waals surface area (Å²) in [6.07, 6.45) is 0.815. The highest BCUT2D eigenvalue weighted by Gasteiger charge is 2.22. The van der Waals surface area contributed by atoms with Crippen molar-refractivity contribution in [2.75, 3.05) is 28.6 Å². The molecule has 2 aromatic carbocycles. The Balaban J connectivity index is 1.60. The third-order valence-electron chi connectivity index (χ3n) is 4.25. The second-order valence-electron chi connectivity index (χ2n) is 6.13. The van der Waals surface area contributed by atoms with Gasteiger partial charge in [-0.25, -0.2) is 0 Å². The van der Waals surface area contributed by atoms with Gasteiger partial charge in [0.05, 0.1) is 6.54 Å². The molecule has 2 aromatic rings. The molecule has 0 spiro atoms. The van der Waals surface area contributed by atoms with E-state index in [1.807, 2.05) is 43.3 Å². The van der Waals surface area contributed by atoms with Crippen LogP contribution in [0.3, 0.4) is 0 Å². The van der Waals surface area contributed by atoms with Gasteiger partial charge >= 0.3 is 0 Å². The molecule has 2 N–H and O–H groups in total. The van der Waals surface area contributed by atoms with Gasteiger partial charge in [-0.3, -0.25) is 9.59 Å². The molecule has 0 bridgehead atoms. The van der Waals surface area contributed by atoms with Gasteiger partial charge in [-0.1, -0.05) is 15.9 Å². The summed E-state index contributed by atoms with van der Waals surface area (Å²) in [6.45, 7) is 4.47. The number of hydrogen-bond donors (Lipinski definition) is 2. The van der Waals surface area contributed by atoms with Crippen molar-refractivity contribution in [2.24, 2.45) is 0 Å². The van der Waals surface area contributed by atoms with Crippen LogP contribution in [0.5, 0.6) is 0 Å². The Bertz CT molecular complexity index is 835. The normalized spacial score (nSPS) is 12.7. The standard InChI is InChI=1S/C19H20BrN3O2/c1-12-9-15(3-5-17(12)20)21-11-19(25)22-16-4-6-18-14(10-16)7-8-23(18)13(2)24/h3-6,9-10,21H,7-8,11H2,1-2H3,(H,22,25). The second kappa shape index (κ2) is 7.27. The van der Waals surface area contributed by atoms with Gasteiger partial charge < -0.3 is 15.5 Å². The lowest BCUT2D eigenvalue weighted by Gasteiger charge is -2.15. The van der Waals surface area contributed by atoms with Crippen LogP contribution in [0.15, 0.2) is 40.9 Å². The Labute approximate surface area is 155 Å². The molecule has 0 atom stereocenters. The fourth-order valence-electron chi connectivity index (χ4n) is 2.95. The van der Waals surface area contributed by atoms with Crippen molar-refractivity contribution in [3.05, 3.63) is 52.0 Å². The number of fused-ring (bicyclic) bond motifs is 1. The number of carbonyl (C=O) groups is 2. The topological polar surface area (TPSA) is 61.4 Å². The van der Waals surface area contributed by atoms with Crippen LogP contribution >= 0.6 is 15.9 Å². The third kappa shape index (κ3) is 4.02. The summed E-state index contributed by atoms with van der Waals surface area (Å²) in [7, 11) is 0. The van der Waals surface area contributed by atoms with Gasteiger partial charge in [-0.15, -0.1) is 0 Å². The van der Waals surface area contributed by atoms with Crippen LogP contribution in [0.25, 0.3) is 0 Å². The molecule has 25 heavy (non-hydrogen) atoms. The lowest BCUT2D eigenvalue weighted by atomic mass is 10.1. The average molecular weight is 402 g/mol. The van der Waals surface area contributed by atoms with E-state index in [4.69, 9.17) is 0 Å². The van der Waals surface area contributed by atoms with Crippen molar-refractivity contribution >= 4 is 44.8 Å². The molecule has 0 unspecified atom stereocenters. The van der Waals surface area contributed by atoms with Gasteiger partial charge in [-0.05, 0) is 60.9 Å². The lowest BCUT2D eigenvalue weighted by molar-refractivity contribution is -0.116. The zero-order valence-corrected chi connectivity index (χ0v) is 15.8. The van der Waals surface area contributed by atoms with E-state index >= 15 is 0 Å². The number of nitrogens with one attached hydrogen (secondary N) is 2. The number of benzene rings is 2. The molecular formula is C19H20BrN3O2. The molecule has 0 fully saturated rings. The number of halogens is 1. The van der Waals surface area contributed by atoms with Crippen LogP contribution in [-0.4, -0.2) is 24.9 Å². The summed E-state index contributed by atoms with van der Waals surface area (Å²) in [4.78, 5) is 25.5. The zero-order chi connectivity index (χ0) is 18.0. The first-order valence-electron chi connectivity index (χ1n) is 8.15. The van der Waals surface area contributed by atoms with E-state index in [-0.39, 0.29) is 18.4 Å². The maximum absolute atomic E-state index is 12.2. The Morgan fingerprint density at radius 3 is 2.64 bits per heavy atom. The number of rotatable bonds is 4. The van der Waals surface area contributed by atoms with E-state index in [9.17, 15) is 9.59 Å². The Morgan fingerprint density at radius 2 is 1.92 bits per heavy atom. The molecule has 2 amide bonds. The van der Waals surface area contributed by atoms with E-state index in [0.717, 1.165) is 39.1 Å². The lowest BCUT2D eigenvalue weighted by Crippen LogP contribution is -2.25. The SMILES string of the molecule is CC(=O)N1CCc2cc(NC(=O)CNc3ccc(Br)c(C)c3)ccc21. The first kappa shape index (κ1) is 17.5. The van der Waals surface area contributed by atoms with Crippen molar-refractivity contribution in [1.82, 2.24) is 0 Å². The van der Waals surface area contributed by atoms with Crippen molar-refractivity contribution in [2.45, 2.75) is 20.3 Å². The summed E-state index contributed by atoms with van der Waals surface area (Å²) in [5.41, 5.74) is 4.79. The minimum absolute atomic E-state index is 0.0459. The highest BCUT2D eigenvalue weighted by molar-refractivity contribution is 9.10. The Morgan fingerprint density at radius 1 is 1.16 bits per heavy atom. The fourth-order valence-corrected chi connectivity index (χ4v) is 3.20.